The Labute approximate surface area is 239 Å². The molecule has 3 aromatic rings. The maximum Gasteiger partial charge on any atom is 0.419 e. The zero-order valence-electron chi connectivity index (χ0n) is 21.8. The average Bonchev–Trinajstić information content (AvgIpc) is 3.38. The van der Waals surface area contributed by atoms with Gasteiger partial charge in [-0.2, -0.15) is 13.2 Å². The number of methoxy groups -OCH3 is 1. The number of carbonyl (C=O) groups excluding carboxylic acids is 3. The molecule has 1 fully saturated rings. The summed E-state index contributed by atoms with van der Waals surface area (Å²) in [6.45, 7) is 1.75. The summed E-state index contributed by atoms with van der Waals surface area (Å²) in [5.74, 6) is -1.90. The van der Waals surface area contributed by atoms with Crippen molar-refractivity contribution in [3.8, 4) is 5.75 Å². The van der Waals surface area contributed by atoms with Crippen molar-refractivity contribution in [2.24, 2.45) is 0 Å². The zero-order chi connectivity index (χ0) is 29.4. The molecule has 11 heteroatoms. The molecule has 0 bridgehead atoms. The zero-order valence-corrected chi connectivity index (χ0v) is 23.3. The molecule has 0 N–H and O–H groups in total. The lowest BCUT2D eigenvalue weighted by molar-refractivity contribution is -0.138. The van der Waals surface area contributed by atoms with E-state index in [2.05, 4.69) is 0 Å². The molecule has 40 heavy (non-hydrogen) atoms. The summed E-state index contributed by atoms with van der Waals surface area (Å²) in [5.41, 5.74) is 0.303. The minimum atomic E-state index is -4.72. The Morgan fingerprint density at radius 2 is 1.52 bits per heavy atom. The lowest BCUT2D eigenvalue weighted by Crippen LogP contribution is -2.42. The number of likely N-dealkylation sites (N-methyl/N-ethyl adjacent to an activating group) is 1. The van der Waals surface area contributed by atoms with Gasteiger partial charge in [0.05, 0.1) is 28.8 Å². The second-order valence-corrected chi connectivity index (χ2v) is 10.3. The monoisotopic (exact) mass is 592 g/mol. The predicted molar refractivity (Wildman–Crippen MR) is 145 cm³/mol. The third kappa shape index (κ3) is 5.95. The second-order valence-electron chi connectivity index (χ2n) is 9.52. The topological polar surface area (TPSA) is 66.9 Å². The van der Waals surface area contributed by atoms with Crippen molar-refractivity contribution in [3.63, 3.8) is 0 Å². The molecule has 0 aromatic heterocycles. The Hall–Kier alpha value is -3.56. The van der Waals surface area contributed by atoms with Crippen LogP contribution in [0.3, 0.4) is 0 Å². The fraction of sp³-hybridized carbons (Fsp3) is 0.276. The molecule has 2 atom stereocenters. The van der Waals surface area contributed by atoms with Crippen molar-refractivity contribution >= 4 is 40.8 Å². The minimum Gasteiger partial charge on any atom is -0.496 e. The van der Waals surface area contributed by atoms with Crippen LogP contribution in [-0.2, 0) is 6.18 Å². The van der Waals surface area contributed by atoms with E-state index in [0.717, 1.165) is 19.2 Å². The van der Waals surface area contributed by atoms with Crippen LogP contribution in [0.4, 0.5) is 13.2 Å². The summed E-state index contributed by atoms with van der Waals surface area (Å²) in [6.07, 6.45) is -4.72. The van der Waals surface area contributed by atoms with E-state index in [9.17, 15) is 27.6 Å². The molecule has 0 saturated carbocycles. The van der Waals surface area contributed by atoms with Crippen molar-refractivity contribution in [3.05, 3.63) is 98.5 Å². The first kappa shape index (κ1) is 29.4. The molecule has 1 unspecified atom stereocenters. The van der Waals surface area contributed by atoms with Crippen LogP contribution in [0.25, 0.3) is 0 Å². The maximum atomic E-state index is 13.6. The first-order valence-electron chi connectivity index (χ1n) is 12.2. The molecule has 0 spiro atoms. The first-order chi connectivity index (χ1) is 18.8. The van der Waals surface area contributed by atoms with Crippen LogP contribution in [0.5, 0.6) is 5.75 Å². The molecule has 210 valence electrons. The van der Waals surface area contributed by atoms with E-state index in [-0.39, 0.29) is 30.3 Å². The highest BCUT2D eigenvalue weighted by Crippen LogP contribution is 2.38. The number of hydrogen-bond acceptors (Lipinski definition) is 4. The Bertz CT molecular complexity index is 1460. The van der Waals surface area contributed by atoms with Crippen LogP contribution in [0.15, 0.2) is 60.7 Å². The van der Waals surface area contributed by atoms with E-state index >= 15 is 0 Å². The number of nitrogens with zero attached hydrogens (tertiary/aromatic N) is 2. The molecule has 3 aromatic carbocycles. The molecule has 2 amide bonds. The van der Waals surface area contributed by atoms with Gasteiger partial charge in [0.25, 0.3) is 11.8 Å². The lowest BCUT2D eigenvalue weighted by Gasteiger charge is -2.29. The summed E-state index contributed by atoms with van der Waals surface area (Å²) in [4.78, 5) is 41.4. The molecule has 1 aliphatic rings. The van der Waals surface area contributed by atoms with Gasteiger partial charge in [-0.05, 0) is 55.0 Å². The van der Waals surface area contributed by atoms with Crippen LogP contribution < -0.4 is 4.74 Å². The van der Waals surface area contributed by atoms with Crippen molar-refractivity contribution < 1.29 is 32.3 Å². The molecular weight excluding hydrogens is 568 g/mol. The highest BCUT2D eigenvalue weighted by molar-refractivity contribution is 6.42. The van der Waals surface area contributed by atoms with Gasteiger partial charge < -0.3 is 14.5 Å². The quantitative estimate of drug-likeness (QED) is 0.302. The van der Waals surface area contributed by atoms with Gasteiger partial charge >= 0.3 is 6.18 Å². The van der Waals surface area contributed by atoms with Crippen LogP contribution >= 0.6 is 23.2 Å². The fourth-order valence-electron chi connectivity index (χ4n) is 4.86. The number of alkyl halides is 3. The molecular formula is C29H25Cl2F3N2O4. The third-order valence-corrected chi connectivity index (χ3v) is 7.80. The van der Waals surface area contributed by atoms with Crippen molar-refractivity contribution in [1.29, 1.82) is 0 Å². The van der Waals surface area contributed by atoms with Crippen molar-refractivity contribution in [1.82, 2.24) is 9.80 Å². The van der Waals surface area contributed by atoms with E-state index in [1.807, 2.05) is 0 Å². The predicted octanol–water partition coefficient (Wildman–Crippen LogP) is 6.60. The number of hydrogen-bond donors (Lipinski definition) is 0. The second kappa shape index (κ2) is 11.5. The SMILES string of the molecule is COc1ccc(C(=O)N(C)[C@@H]2CN(C(=O)c3ccc(C(C)=O)cc3)CC2c2ccc(Cl)c(Cl)c2)cc1C(F)(F)F. The number of ketones is 1. The van der Waals surface area contributed by atoms with Crippen LogP contribution in [0.2, 0.25) is 10.0 Å². The van der Waals surface area contributed by atoms with Gasteiger partial charge in [-0.1, -0.05) is 41.4 Å². The van der Waals surface area contributed by atoms with Gasteiger partial charge in [-0.15, -0.1) is 0 Å². The average molecular weight is 593 g/mol. The Kier molecular flexibility index (Phi) is 8.46. The molecule has 6 nitrogen and oxygen atoms in total. The minimum absolute atomic E-state index is 0.114. The molecule has 0 radical (unpaired) electrons. The van der Waals surface area contributed by atoms with Crippen LogP contribution in [-0.4, -0.2) is 60.7 Å². The number of benzene rings is 3. The standard InChI is InChI=1S/C29H25Cl2F3N2O4/c1-16(37)17-4-6-18(7-5-17)28(39)36-14-21(19-8-10-23(30)24(31)13-19)25(15-36)35(2)27(38)20-9-11-26(40-3)22(12-20)29(32,33)34/h4-13,21,25H,14-15H2,1-3H3/t21?,25-/m1/s1. The molecule has 1 aliphatic heterocycles. The van der Waals surface area contributed by atoms with Crippen molar-refractivity contribution in [2.75, 3.05) is 27.2 Å². The van der Waals surface area contributed by atoms with Crippen LogP contribution in [0, 0.1) is 0 Å². The fourth-order valence-corrected chi connectivity index (χ4v) is 5.17. The Morgan fingerprint density at radius 1 is 0.900 bits per heavy atom. The molecule has 0 aliphatic carbocycles. The van der Waals surface area contributed by atoms with Crippen molar-refractivity contribution in [2.45, 2.75) is 25.1 Å². The smallest absolute Gasteiger partial charge is 0.419 e. The number of rotatable bonds is 6. The van der Waals surface area contributed by atoms with Gasteiger partial charge in [0, 0.05) is 42.7 Å². The van der Waals surface area contributed by atoms with E-state index in [1.165, 1.54) is 24.9 Å². The highest BCUT2D eigenvalue weighted by Gasteiger charge is 2.41. The van der Waals surface area contributed by atoms with E-state index in [4.69, 9.17) is 27.9 Å². The number of amides is 2. The van der Waals surface area contributed by atoms with Gasteiger partial charge in [-0.25, -0.2) is 0 Å². The van der Waals surface area contributed by atoms with E-state index in [0.29, 0.717) is 26.7 Å². The Balaban J connectivity index is 1.68. The summed E-state index contributed by atoms with van der Waals surface area (Å²) in [7, 11) is 2.61. The summed E-state index contributed by atoms with van der Waals surface area (Å²) in [6, 6.07) is 13.8. The number of likely N-dealkylation sites (tertiary alicyclic amines) is 1. The number of halogens is 5. The summed E-state index contributed by atoms with van der Waals surface area (Å²) >= 11 is 12.4. The summed E-state index contributed by atoms with van der Waals surface area (Å²) in [5, 5.41) is 0.627. The largest absolute Gasteiger partial charge is 0.496 e. The van der Waals surface area contributed by atoms with Gasteiger partial charge in [0.1, 0.15) is 5.75 Å². The highest BCUT2D eigenvalue weighted by atomic mass is 35.5. The maximum absolute atomic E-state index is 13.6. The number of Topliss-reactive ketones (excluding diaryl/α,β-unsaturated/α-hetero) is 1. The Morgan fingerprint density at radius 3 is 2.10 bits per heavy atom. The summed E-state index contributed by atoms with van der Waals surface area (Å²) < 4.78 is 45.7. The lowest BCUT2D eigenvalue weighted by atomic mass is 9.93. The number of ether oxygens (including phenoxy) is 1. The molecule has 4 rings (SSSR count). The third-order valence-electron chi connectivity index (χ3n) is 7.06. The van der Waals surface area contributed by atoms with E-state index < -0.39 is 35.4 Å². The normalized spacial score (nSPS) is 17.1. The molecule has 1 saturated heterocycles. The first-order valence-corrected chi connectivity index (χ1v) is 12.9. The number of carbonyl (C=O) groups is 3. The molecule has 1 heterocycles. The van der Waals surface area contributed by atoms with E-state index in [1.54, 1.807) is 47.4 Å². The van der Waals surface area contributed by atoms with Crippen LogP contribution in [0.1, 0.15) is 55.0 Å². The van der Waals surface area contributed by atoms with Gasteiger partial charge in [-0.3, -0.25) is 14.4 Å². The van der Waals surface area contributed by atoms with Gasteiger partial charge in [0.15, 0.2) is 5.78 Å². The van der Waals surface area contributed by atoms with Gasteiger partial charge in [0.2, 0.25) is 0 Å².